The molecule has 2 heterocycles. The van der Waals surface area contributed by atoms with E-state index >= 15 is 0 Å². The number of rotatable bonds is 8. The maximum atomic E-state index is 12.2. The third kappa shape index (κ3) is 4.62. The van der Waals surface area contributed by atoms with Gasteiger partial charge in [0, 0.05) is 25.7 Å². The highest BCUT2D eigenvalue weighted by Crippen LogP contribution is 2.27. The van der Waals surface area contributed by atoms with Crippen molar-refractivity contribution < 1.29 is 14.9 Å². The zero-order valence-corrected chi connectivity index (χ0v) is 14.2. The molecule has 0 spiro atoms. The van der Waals surface area contributed by atoms with Gasteiger partial charge in [0.05, 0.1) is 19.0 Å². The van der Waals surface area contributed by atoms with Gasteiger partial charge in [-0.15, -0.1) is 0 Å². The average molecular weight is 338 g/mol. The van der Waals surface area contributed by atoms with Gasteiger partial charge in [0.1, 0.15) is 12.3 Å². The molecule has 1 saturated heterocycles. The number of aliphatic hydroxyl groups is 2. The summed E-state index contributed by atoms with van der Waals surface area (Å²) in [5.41, 5.74) is -0.488. The van der Waals surface area contributed by atoms with E-state index in [0.717, 1.165) is 25.9 Å². The molecule has 1 aromatic rings. The fourth-order valence-electron chi connectivity index (χ4n) is 2.69. The smallest absolute Gasteiger partial charge is 0.351 e. The van der Waals surface area contributed by atoms with Gasteiger partial charge in [0.25, 0.3) is 0 Å². The Morgan fingerprint density at radius 1 is 1.46 bits per heavy atom. The summed E-state index contributed by atoms with van der Waals surface area (Å²) in [7, 11) is 0. The Morgan fingerprint density at radius 3 is 2.71 bits per heavy atom. The van der Waals surface area contributed by atoms with Crippen molar-refractivity contribution in [2.45, 2.75) is 51.5 Å². The van der Waals surface area contributed by atoms with Crippen LogP contribution in [0, 0.1) is 0 Å². The molecule has 0 bridgehead atoms. The zero-order chi connectivity index (χ0) is 17.5. The summed E-state index contributed by atoms with van der Waals surface area (Å²) >= 11 is 0. The van der Waals surface area contributed by atoms with Crippen LogP contribution in [0.1, 0.15) is 39.3 Å². The molecule has 1 aromatic heterocycles. The van der Waals surface area contributed by atoms with E-state index in [9.17, 15) is 9.90 Å². The maximum absolute atomic E-state index is 12.2. The highest BCUT2D eigenvalue weighted by atomic mass is 16.5. The van der Waals surface area contributed by atoms with Crippen LogP contribution < -0.4 is 5.69 Å². The van der Waals surface area contributed by atoms with Gasteiger partial charge in [-0.1, -0.05) is 13.8 Å². The fourth-order valence-corrected chi connectivity index (χ4v) is 2.69. The lowest BCUT2D eigenvalue weighted by Gasteiger charge is -2.17. The van der Waals surface area contributed by atoms with Gasteiger partial charge in [-0.25, -0.2) is 9.79 Å². The van der Waals surface area contributed by atoms with Crippen LogP contribution in [0.3, 0.4) is 0 Å². The molecule has 1 aliphatic heterocycles. The highest BCUT2D eigenvalue weighted by molar-refractivity contribution is 5.59. The number of hydrogen-bond acceptors (Lipinski definition) is 6. The standard InChI is InChI=1S/C16H26N4O4/c1-3-6-19(7-4-2)11-17-14-5-8-20(16(23)18-14)15-9-12(22)13(10-21)24-15/h5,8,11-13,15,21-22H,3-4,6-7,9-10H2,1-2H3/t12-,13+,15+/m0/s1. The van der Waals surface area contributed by atoms with Crippen molar-refractivity contribution in [3.8, 4) is 0 Å². The maximum Gasteiger partial charge on any atom is 0.351 e. The molecule has 3 atom stereocenters. The summed E-state index contributed by atoms with van der Waals surface area (Å²) in [6, 6.07) is 1.63. The summed E-state index contributed by atoms with van der Waals surface area (Å²) < 4.78 is 6.78. The number of ether oxygens (including phenoxy) is 1. The molecule has 1 aliphatic rings. The monoisotopic (exact) mass is 338 g/mol. The van der Waals surface area contributed by atoms with Gasteiger partial charge < -0.3 is 19.8 Å². The summed E-state index contributed by atoms with van der Waals surface area (Å²) in [6.45, 7) is 5.74. The largest absolute Gasteiger partial charge is 0.394 e. The molecule has 2 N–H and O–H groups in total. The molecule has 0 amide bonds. The van der Waals surface area contributed by atoms with E-state index in [1.807, 2.05) is 0 Å². The first-order valence-electron chi connectivity index (χ1n) is 8.40. The third-order valence-electron chi connectivity index (χ3n) is 3.88. The molecular weight excluding hydrogens is 312 g/mol. The first kappa shape index (κ1) is 18.6. The SMILES string of the molecule is CCCN(C=Nc1ccn([C@H]2C[C@H](O)[C@@H](CO)O2)c(=O)n1)CCC. The minimum absolute atomic E-state index is 0.246. The second-order valence-corrected chi connectivity index (χ2v) is 5.87. The molecule has 0 saturated carbocycles. The van der Waals surface area contributed by atoms with Crippen molar-refractivity contribution in [2.24, 2.45) is 4.99 Å². The molecule has 2 rings (SSSR count). The van der Waals surface area contributed by atoms with Crippen LogP contribution in [0.5, 0.6) is 0 Å². The molecule has 0 aliphatic carbocycles. The van der Waals surface area contributed by atoms with Crippen LogP contribution in [0.15, 0.2) is 22.1 Å². The molecule has 8 heteroatoms. The number of aliphatic imine (C=N–C) groups is 1. The average Bonchev–Trinajstić information content (AvgIpc) is 2.93. The number of hydrogen-bond donors (Lipinski definition) is 2. The van der Waals surface area contributed by atoms with Crippen molar-refractivity contribution >= 4 is 12.2 Å². The van der Waals surface area contributed by atoms with E-state index in [4.69, 9.17) is 9.84 Å². The van der Waals surface area contributed by atoms with E-state index in [1.54, 1.807) is 18.6 Å². The summed E-state index contributed by atoms with van der Waals surface area (Å²) in [5.74, 6) is 0.339. The van der Waals surface area contributed by atoms with E-state index in [1.165, 1.54) is 4.57 Å². The Morgan fingerprint density at radius 2 is 2.17 bits per heavy atom. The fraction of sp³-hybridized carbons (Fsp3) is 0.688. The molecule has 0 unspecified atom stereocenters. The Bertz CT molecular complexity index is 598. The Hall–Kier alpha value is -1.77. The summed E-state index contributed by atoms with van der Waals surface area (Å²) in [5, 5.41) is 18.9. The van der Waals surface area contributed by atoms with Crippen LogP contribution in [0.25, 0.3) is 0 Å². The first-order valence-corrected chi connectivity index (χ1v) is 8.40. The van der Waals surface area contributed by atoms with E-state index in [-0.39, 0.29) is 13.0 Å². The second kappa shape index (κ2) is 8.91. The lowest BCUT2D eigenvalue weighted by Crippen LogP contribution is -2.27. The molecule has 8 nitrogen and oxygen atoms in total. The number of aliphatic hydroxyl groups excluding tert-OH is 2. The molecule has 1 fully saturated rings. The van der Waals surface area contributed by atoms with Crippen LogP contribution in [0.4, 0.5) is 5.82 Å². The van der Waals surface area contributed by atoms with Crippen LogP contribution in [0.2, 0.25) is 0 Å². The predicted molar refractivity (Wildman–Crippen MR) is 90.4 cm³/mol. The van der Waals surface area contributed by atoms with Crippen LogP contribution >= 0.6 is 0 Å². The first-order chi connectivity index (χ1) is 11.6. The highest BCUT2D eigenvalue weighted by Gasteiger charge is 2.34. The van der Waals surface area contributed by atoms with Crippen LogP contribution in [-0.4, -0.2) is 62.9 Å². The van der Waals surface area contributed by atoms with E-state index < -0.39 is 24.1 Å². The Kier molecular flexibility index (Phi) is 6.89. The number of aromatic nitrogens is 2. The quantitative estimate of drug-likeness (QED) is 0.534. The van der Waals surface area contributed by atoms with Gasteiger partial charge in [-0.3, -0.25) is 4.57 Å². The Balaban J connectivity index is 2.08. The molecular formula is C16H26N4O4. The zero-order valence-electron chi connectivity index (χ0n) is 14.2. The van der Waals surface area contributed by atoms with Crippen LogP contribution in [-0.2, 0) is 4.74 Å². The van der Waals surface area contributed by atoms with Gasteiger partial charge in [-0.05, 0) is 18.9 Å². The van der Waals surface area contributed by atoms with Gasteiger partial charge in [-0.2, -0.15) is 4.98 Å². The minimum Gasteiger partial charge on any atom is -0.394 e. The molecule has 0 aromatic carbocycles. The number of nitrogens with zero attached hydrogens (tertiary/aromatic N) is 4. The predicted octanol–water partition coefficient (Wildman–Crippen LogP) is 0.666. The van der Waals surface area contributed by atoms with Crippen molar-refractivity contribution in [3.05, 3.63) is 22.7 Å². The lowest BCUT2D eigenvalue weighted by atomic mass is 10.2. The van der Waals surface area contributed by atoms with E-state index in [2.05, 4.69) is 28.7 Å². The van der Waals surface area contributed by atoms with Gasteiger partial charge in [0.15, 0.2) is 5.82 Å². The minimum atomic E-state index is -0.791. The third-order valence-corrected chi connectivity index (χ3v) is 3.88. The van der Waals surface area contributed by atoms with Crippen molar-refractivity contribution in [3.63, 3.8) is 0 Å². The lowest BCUT2D eigenvalue weighted by molar-refractivity contribution is -0.0458. The van der Waals surface area contributed by atoms with Gasteiger partial charge >= 0.3 is 5.69 Å². The second-order valence-electron chi connectivity index (χ2n) is 5.87. The molecule has 134 valence electrons. The van der Waals surface area contributed by atoms with Gasteiger partial charge in [0.2, 0.25) is 0 Å². The van der Waals surface area contributed by atoms with Crippen molar-refractivity contribution in [1.82, 2.24) is 14.5 Å². The van der Waals surface area contributed by atoms with E-state index in [0.29, 0.717) is 5.82 Å². The Labute approximate surface area is 141 Å². The van der Waals surface area contributed by atoms with Crippen molar-refractivity contribution in [1.29, 1.82) is 0 Å². The molecule has 0 radical (unpaired) electrons. The summed E-state index contributed by atoms with van der Waals surface area (Å²) in [6.07, 6.45) is 3.49. The summed E-state index contributed by atoms with van der Waals surface area (Å²) in [4.78, 5) is 22.5. The normalized spacial score (nSPS) is 23.9. The topological polar surface area (TPSA) is 100 Å². The molecule has 24 heavy (non-hydrogen) atoms. The van der Waals surface area contributed by atoms with Crippen molar-refractivity contribution in [2.75, 3.05) is 19.7 Å².